The Hall–Kier alpha value is -3.21. The van der Waals surface area contributed by atoms with Crippen LogP contribution in [-0.4, -0.2) is 27.2 Å². The van der Waals surface area contributed by atoms with Crippen LogP contribution in [0.25, 0.3) is 28.2 Å². The smallest absolute Gasteiger partial charge is 0.177 e. The lowest BCUT2D eigenvalue weighted by atomic mass is 10.1. The number of nitrogens with zero attached hydrogens (tertiary/aromatic N) is 4. The Labute approximate surface area is 182 Å². The summed E-state index contributed by atoms with van der Waals surface area (Å²) in [6.45, 7) is 7.47. The fourth-order valence-corrected chi connectivity index (χ4v) is 4.11. The molecule has 2 aromatic carbocycles. The SMILES string of the molecule is Cc1ccc(-c2cnc3c(N(CC(C)C)C4CC4)cc(-c4ccccc4F)nn23)cc1. The predicted molar refractivity (Wildman–Crippen MR) is 124 cm³/mol. The minimum Gasteiger partial charge on any atom is -0.365 e. The van der Waals surface area contributed by atoms with E-state index in [-0.39, 0.29) is 5.82 Å². The first-order valence-corrected chi connectivity index (χ1v) is 11.0. The molecule has 0 N–H and O–H groups in total. The summed E-state index contributed by atoms with van der Waals surface area (Å²) in [6.07, 6.45) is 4.24. The summed E-state index contributed by atoms with van der Waals surface area (Å²) in [7, 11) is 0. The van der Waals surface area contributed by atoms with Gasteiger partial charge in [0.25, 0.3) is 0 Å². The fraction of sp³-hybridized carbons (Fsp3) is 0.308. The van der Waals surface area contributed by atoms with Crippen molar-refractivity contribution in [1.82, 2.24) is 14.6 Å². The molecule has 0 amide bonds. The molecule has 5 rings (SSSR count). The molecule has 0 unspecified atom stereocenters. The first-order valence-electron chi connectivity index (χ1n) is 11.0. The summed E-state index contributed by atoms with van der Waals surface area (Å²) in [6, 6.07) is 17.7. The van der Waals surface area contributed by atoms with E-state index in [1.165, 1.54) is 24.5 Å². The van der Waals surface area contributed by atoms with Crippen LogP contribution in [0.1, 0.15) is 32.3 Å². The number of fused-ring (bicyclic) bond motifs is 1. The molecule has 1 aliphatic rings. The summed E-state index contributed by atoms with van der Waals surface area (Å²) >= 11 is 0. The molecule has 4 aromatic rings. The van der Waals surface area contributed by atoms with Crippen LogP contribution < -0.4 is 4.90 Å². The second-order valence-electron chi connectivity index (χ2n) is 8.92. The fourth-order valence-electron chi connectivity index (χ4n) is 4.11. The van der Waals surface area contributed by atoms with Gasteiger partial charge in [0.05, 0.1) is 23.3 Å². The molecule has 5 heteroatoms. The zero-order chi connectivity index (χ0) is 21.5. The maximum atomic E-state index is 14.7. The average Bonchev–Trinajstić information content (AvgIpc) is 3.51. The van der Waals surface area contributed by atoms with E-state index < -0.39 is 0 Å². The molecular weight excluding hydrogens is 387 g/mol. The van der Waals surface area contributed by atoms with E-state index in [0.717, 1.165) is 29.1 Å². The van der Waals surface area contributed by atoms with E-state index in [4.69, 9.17) is 10.1 Å². The molecule has 1 saturated carbocycles. The molecule has 0 atom stereocenters. The van der Waals surface area contributed by atoms with E-state index in [9.17, 15) is 4.39 Å². The van der Waals surface area contributed by atoms with Gasteiger partial charge < -0.3 is 4.90 Å². The Morgan fingerprint density at radius 2 is 1.84 bits per heavy atom. The molecule has 0 spiro atoms. The highest BCUT2D eigenvalue weighted by Crippen LogP contribution is 2.37. The van der Waals surface area contributed by atoms with Gasteiger partial charge in [0, 0.05) is 23.7 Å². The van der Waals surface area contributed by atoms with E-state index in [2.05, 4.69) is 49.9 Å². The van der Waals surface area contributed by atoms with Crippen LogP contribution in [0.4, 0.5) is 10.1 Å². The Morgan fingerprint density at radius 1 is 1.10 bits per heavy atom. The number of anilines is 1. The number of hydrogen-bond acceptors (Lipinski definition) is 3. The van der Waals surface area contributed by atoms with Crippen LogP contribution in [0.2, 0.25) is 0 Å². The summed E-state index contributed by atoms with van der Waals surface area (Å²) in [5, 5.41) is 4.85. The molecule has 158 valence electrons. The number of imidazole rings is 1. The Balaban J connectivity index is 1.75. The molecule has 0 aliphatic heterocycles. The van der Waals surface area contributed by atoms with Crippen molar-refractivity contribution < 1.29 is 4.39 Å². The van der Waals surface area contributed by atoms with E-state index in [0.29, 0.717) is 23.2 Å². The maximum Gasteiger partial charge on any atom is 0.177 e. The highest BCUT2D eigenvalue weighted by atomic mass is 19.1. The van der Waals surface area contributed by atoms with Crippen molar-refractivity contribution in [3.05, 3.63) is 72.2 Å². The lowest BCUT2D eigenvalue weighted by Gasteiger charge is -2.27. The molecule has 0 radical (unpaired) electrons. The molecular formula is C26H27FN4. The van der Waals surface area contributed by atoms with Crippen molar-refractivity contribution in [2.45, 2.75) is 39.7 Å². The van der Waals surface area contributed by atoms with E-state index in [1.54, 1.807) is 12.1 Å². The van der Waals surface area contributed by atoms with Gasteiger partial charge in [-0.05, 0) is 43.9 Å². The third kappa shape index (κ3) is 3.80. The van der Waals surface area contributed by atoms with Crippen molar-refractivity contribution in [2.75, 3.05) is 11.4 Å². The van der Waals surface area contributed by atoms with Crippen molar-refractivity contribution in [3.8, 4) is 22.5 Å². The van der Waals surface area contributed by atoms with Crippen molar-refractivity contribution in [3.63, 3.8) is 0 Å². The zero-order valence-electron chi connectivity index (χ0n) is 18.2. The van der Waals surface area contributed by atoms with Gasteiger partial charge in [-0.25, -0.2) is 13.9 Å². The second-order valence-corrected chi connectivity index (χ2v) is 8.92. The number of rotatable bonds is 6. The molecule has 2 aromatic heterocycles. The normalized spacial score (nSPS) is 13.8. The molecule has 4 nitrogen and oxygen atoms in total. The van der Waals surface area contributed by atoms with Gasteiger partial charge >= 0.3 is 0 Å². The van der Waals surface area contributed by atoms with Gasteiger partial charge in [-0.15, -0.1) is 0 Å². The summed E-state index contributed by atoms with van der Waals surface area (Å²) in [5.41, 5.74) is 6.15. The average molecular weight is 415 g/mol. The molecule has 2 heterocycles. The Morgan fingerprint density at radius 3 is 2.52 bits per heavy atom. The first kappa shape index (κ1) is 19.7. The maximum absolute atomic E-state index is 14.7. The van der Waals surface area contributed by atoms with Gasteiger partial charge in [0.15, 0.2) is 5.65 Å². The number of aromatic nitrogens is 3. The standard InChI is InChI=1S/C26H27FN4/c1-17(2)16-30(20-12-13-20)24-14-23(21-6-4-5-7-22(21)27)29-31-25(15-28-26(24)31)19-10-8-18(3)9-11-19/h4-11,14-15,17,20H,12-13,16H2,1-3H3. The van der Waals surface area contributed by atoms with Gasteiger partial charge in [0.1, 0.15) is 5.82 Å². The lowest BCUT2D eigenvalue weighted by Crippen LogP contribution is -2.30. The lowest BCUT2D eigenvalue weighted by molar-refractivity contribution is 0.607. The summed E-state index contributed by atoms with van der Waals surface area (Å²) in [5.74, 6) is 0.247. The van der Waals surface area contributed by atoms with Gasteiger partial charge in [-0.1, -0.05) is 55.8 Å². The van der Waals surface area contributed by atoms with Crippen molar-refractivity contribution in [1.29, 1.82) is 0 Å². The highest BCUT2D eigenvalue weighted by Gasteiger charge is 2.32. The number of hydrogen-bond donors (Lipinski definition) is 0. The van der Waals surface area contributed by atoms with Gasteiger partial charge in [-0.2, -0.15) is 5.10 Å². The van der Waals surface area contributed by atoms with Crippen LogP contribution >= 0.6 is 0 Å². The second kappa shape index (κ2) is 7.80. The van der Waals surface area contributed by atoms with Crippen molar-refractivity contribution >= 4 is 11.3 Å². The van der Waals surface area contributed by atoms with E-state index in [1.807, 2.05) is 22.8 Å². The van der Waals surface area contributed by atoms with Crippen LogP contribution in [0.15, 0.2) is 60.8 Å². The molecule has 0 bridgehead atoms. The number of aryl methyl sites for hydroxylation is 1. The monoisotopic (exact) mass is 414 g/mol. The largest absolute Gasteiger partial charge is 0.365 e. The highest BCUT2D eigenvalue weighted by molar-refractivity contribution is 5.78. The predicted octanol–water partition coefficient (Wildman–Crippen LogP) is 6.14. The Kier molecular flexibility index (Phi) is 4.97. The minimum atomic E-state index is -0.265. The Bertz CT molecular complexity index is 1220. The molecule has 0 saturated heterocycles. The third-order valence-electron chi connectivity index (χ3n) is 5.80. The quantitative estimate of drug-likeness (QED) is 0.380. The van der Waals surface area contributed by atoms with E-state index >= 15 is 0 Å². The zero-order valence-corrected chi connectivity index (χ0v) is 18.2. The number of halogens is 1. The third-order valence-corrected chi connectivity index (χ3v) is 5.80. The number of benzene rings is 2. The van der Waals surface area contributed by atoms with Crippen molar-refractivity contribution in [2.24, 2.45) is 5.92 Å². The minimum absolute atomic E-state index is 0.265. The van der Waals surface area contributed by atoms with Gasteiger partial charge in [0.2, 0.25) is 0 Å². The molecule has 1 fully saturated rings. The van der Waals surface area contributed by atoms with Crippen LogP contribution in [0.3, 0.4) is 0 Å². The van der Waals surface area contributed by atoms with Crippen LogP contribution in [0, 0.1) is 18.7 Å². The molecule has 31 heavy (non-hydrogen) atoms. The summed E-state index contributed by atoms with van der Waals surface area (Å²) < 4.78 is 16.6. The van der Waals surface area contributed by atoms with Crippen LogP contribution in [0.5, 0.6) is 0 Å². The van der Waals surface area contributed by atoms with Gasteiger partial charge in [-0.3, -0.25) is 0 Å². The molecule has 1 aliphatic carbocycles. The topological polar surface area (TPSA) is 33.4 Å². The first-order chi connectivity index (χ1) is 15.0. The van der Waals surface area contributed by atoms with Crippen LogP contribution in [-0.2, 0) is 0 Å². The summed E-state index contributed by atoms with van der Waals surface area (Å²) in [4.78, 5) is 7.22.